The number of carboxylic acid groups (broad SMARTS) is 1. The molecule has 4 atom stereocenters. The Bertz CT molecular complexity index is 669. The van der Waals surface area contributed by atoms with Crippen LogP contribution in [0.5, 0.6) is 0 Å². The highest BCUT2D eigenvalue weighted by Gasteiger charge is 2.39. The molecule has 12 heteroatoms. The summed E-state index contributed by atoms with van der Waals surface area (Å²) in [5.41, 5.74) is 4.99. The van der Waals surface area contributed by atoms with Crippen molar-refractivity contribution in [2.75, 3.05) is 18.8 Å². The van der Waals surface area contributed by atoms with Gasteiger partial charge in [-0.1, -0.05) is 0 Å². The van der Waals surface area contributed by atoms with Gasteiger partial charge in [0.05, 0.1) is 12.5 Å². The number of nitrogens with two attached hydrogens (primary N) is 1. The van der Waals surface area contributed by atoms with Crippen LogP contribution in [0.4, 0.5) is 0 Å². The molecule has 0 spiro atoms. The smallest absolute Gasteiger partial charge is 0.326 e. The predicted molar refractivity (Wildman–Crippen MR) is 105 cm³/mol. The highest BCUT2D eigenvalue weighted by atomic mass is 32.1. The Morgan fingerprint density at radius 1 is 1.14 bits per heavy atom. The maximum absolute atomic E-state index is 12.7. The summed E-state index contributed by atoms with van der Waals surface area (Å²) >= 11 is 4.05. The topological polar surface area (TPSA) is 171 Å². The molecule has 4 amide bonds. The second-order valence-corrected chi connectivity index (χ2v) is 7.52. The van der Waals surface area contributed by atoms with Crippen LogP contribution in [-0.4, -0.2) is 82.6 Å². The predicted octanol–water partition coefficient (Wildman–Crippen LogP) is -2.41. The van der Waals surface area contributed by atoms with Gasteiger partial charge in [0.15, 0.2) is 0 Å². The fraction of sp³-hybridized carbons (Fsp3) is 0.706. The van der Waals surface area contributed by atoms with Crippen molar-refractivity contribution in [1.82, 2.24) is 20.9 Å². The first-order valence-electron chi connectivity index (χ1n) is 9.51. The van der Waals surface area contributed by atoms with E-state index >= 15 is 0 Å². The Hall–Kier alpha value is -2.34. The van der Waals surface area contributed by atoms with E-state index in [1.165, 1.54) is 4.90 Å². The van der Waals surface area contributed by atoms with Crippen LogP contribution in [0, 0.1) is 0 Å². The Morgan fingerprint density at radius 2 is 1.86 bits per heavy atom. The van der Waals surface area contributed by atoms with E-state index in [-0.39, 0.29) is 17.7 Å². The number of rotatable bonds is 9. The van der Waals surface area contributed by atoms with Crippen molar-refractivity contribution < 1.29 is 29.1 Å². The second-order valence-electron chi connectivity index (χ2n) is 7.15. The summed E-state index contributed by atoms with van der Waals surface area (Å²) in [4.78, 5) is 61.4. The van der Waals surface area contributed by atoms with Crippen LogP contribution in [-0.2, 0) is 24.0 Å². The molecule has 0 aromatic carbocycles. The summed E-state index contributed by atoms with van der Waals surface area (Å²) in [7, 11) is 0. The van der Waals surface area contributed by atoms with Gasteiger partial charge in [-0.25, -0.2) is 4.79 Å². The number of likely N-dealkylation sites (tertiary alicyclic amines) is 1. The lowest BCUT2D eigenvalue weighted by Gasteiger charge is -2.28. The Balaban J connectivity index is 1.98. The number of aliphatic carboxylic acids is 1. The zero-order valence-electron chi connectivity index (χ0n) is 15.9. The van der Waals surface area contributed by atoms with E-state index in [9.17, 15) is 24.0 Å². The third-order valence-corrected chi connectivity index (χ3v) is 5.40. The summed E-state index contributed by atoms with van der Waals surface area (Å²) in [6.07, 6.45) is 2.20. The second kappa shape index (κ2) is 10.4. The van der Waals surface area contributed by atoms with E-state index in [4.69, 9.17) is 10.8 Å². The molecule has 2 aliphatic rings. The molecule has 11 nitrogen and oxygen atoms in total. The minimum atomic E-state index is -1.50. The molecule has 0 saturated carbocycles. The molecule has 2 fully saturated rings. The molecule has 0 aromatic rings. The first-order valence-corrected chi connectivity index (χ1v) is 10.1. The van der Waals surface area contributed by atoms with E-state index in [2.05, 4.69) is 28.6 Å². The SMILES string of the molecule is NC(=O)CC(NC(=O)C(CS)NC(=O)C1CCCN1C(=O)C1CCCN1)C(=O)O. The summed E-state index contributed by atoms with van der Waals surface area (Å²) in [6.45, 7) is 1.23. The average Bonchev–Trinajstić information content (AvgIpc) is 3.35. The maximum atomic E-state index is 12.7. The van der Waals surface area contributed by atoms with Crippen LogP contribution in [0.15, 0.2) is 0 Å². The van der Waals surface area contributed by atoms with Crippen LogP contribution >= 0.6 is 12.6 Å². The molecular formula is C17H27N5O6S. The fourth-order valence-electron chi connectivity index (χ4n) is 3.53. The van der Waals surface area contributed by atoms with Gasteiger partial charge in [-0.3, -0.25) is 19.2 Å². The van der Waals surface area contributed by atoms with Crippen molar-refractivity contribution in [3.8, 4) is 0 Å². The van der Waals surface area contributed by atoms with E-state index in [1.54, 1.807) is 0 Å². The van der Waals surface area contributed by atoms with E-state index in [0.717, 1.165) is 19.4 Å². The molecule has 6 N–H and O–H groups in total. The molecule has 2 rings (SSSR count). The van der Waals surface area contributed by atoms with Crippen molar-refractivity contribution in [3.05, 3.63) is 0 Å². The van der Waals surface area contributed by atoms with Crippen molar-refractivity contribution in [1.29, 1.82) is 0 Å². The molecular weight excluding hydrogens is 402 g/mol. The number of hydrogen-bond acceptors (Lipinski definition) is 7. The van der Waals surface area contributed by atoms with Crippen molar-refractivity contribution in [3.63, 3.8) is 0 Å². The van der Waals surface area contributed by atoms with Crippen LogP contribution in [0.1, 0.15) is 32.1 Å². The molecule has 162 valence electrons. The largest absolute Gasteiger partial charge is 0.480 e. The molecule has 0 aromatic heterocycles. The van der Waals surface area contributed by atoms with Gasteiger partial charge in [0.25, 0.3) is 0 Å². The number of thiol groups is 1. The molecule has 0 radical (unpaired) electrons. The number of primary amides is 1. The van der Waals surface area contributed by atoms with Gasteiger partial charge in [-0.05, 0) is 32.2 Å². The zero-order chi connectivity index (χ0) is 21.6. The monoisotopic (exact) mass is 429 g/mol. The van der Waals surface area contributed by atoms with Crippen LogP contribution in [0.25, 0.3) is 0 Å². The van der Waals surface area contributed by atoms with Crippen molar-refractivity contribution >= 4 is 42.2 Å². The first kappa shape index (κ1) is 22.9. The van der Waals surface area contributed by atoms with Crippen LogP contribution in [0.2, 0.25) is 0 Å². The lowest BCUT2D eigenvalue weighted by Crippen LogP contribution is -2.57. The van der Waals surface area contributed by atoms with Gasteiger partial charge in [0, 0.05) is 12.3 Å². The molecule has 0 bridgehead atoms. The third-order valence-electron chi connectivity index (χ3n) is 5.03. The Morgan fingerprint density at radius 3 is 2.41 bits per heavy atom. The summed E-state index contributed by atoms with van der Waals surface area (Å²) < 4.78 is 0. The Labute approximate surface area is 173 Å². The molecule has 4 unspecified atom stereocenters. The van der Waals surface area contributed by atoms with Gasteiger partial charge < -0.3 is 31.7 Å². The van der Waals surface area contributed by atoms with Crippen molar-refractivity contribution in [2.24, 2.45) is 5.73 Å². The molecule has 0 aliphatic carbocycles. The average molecular weight is 429 g/mol. The number of nitrogens with one attached hydrogen (secondary N) is 3. The normalized spacial score (nSPS) is 23.3. The Kier molecular flexibility index (Phi) is 8.26. The minimum Gasteiger partial charge on any atom is -0.480 e. The summed E-state index contributed by atoms with van der Waals surface area (Å²) in [5, 5.41) is 16.9. The lowest BCUT2D eigenvalue weighted by atomic mass is 10.1. The van der Waals surface area contributed by atoms with Gasteiger partial charge in [0.2, 0.25) is 23.6 Å². The van der Waals surface area contributed by atoms with Crippen molar-refractivity contribution in [2.45, 2.75) is 56.3 Å². The van der Waals surface area contributed by atoms with Crippen LogP contribution in [0.3, 0.4) is 0 Å². The minimum absolute atomic E-state index is 0.0919. The quantitative estimate of drug-likeness (QED) is 0.222. The summed E-state index contributed by atoms with van der Waals surface area (Å²) in [5.74, 6) is -3.81. The van der Waals surface area contributed by atoms with Crippen LogP contribution < -0.4 is 21.7 Å². The lowest BCUT2D eigenvalue weighted by molar-refractivity contribution is -0.144. The van der Waals surface area contributed by atoms with Gasteiger partial charge >= 0.3 is 5.97 Å². The molecule has 29 heavy (non-hydrogen) atoms. The number of carboxylic acids is 1. The van der Waals surface area contributed by atoms with Gasteiger partial charge in [-0.15, -0.1) is 0 Å². The zero-order valence-corrected chi connectivity index (χ0v) is 16.8. The van der Waals surface area contributed by atoms with Gasteiger partial charge in [-0.2, -0.15) is 12.6 Å². The maximum Gasteiger partial charge on any atom is 0.326 e. The highest BCUT2D eigenvalue weighted by Crippen LogP contribution is 2.21. The van der Waals surface area contributed by atoms with E-state index in [1.807, 2.05) is 0 Å². The number of carbonyl (C=O) groups excluding carboxylic acids is 4. The first-order chi connectivity index (χ1) is 13.7. The highest BCUT2D eigenvalue weighted by molar-refractivity contribution is 7.80. The van der Waals surface area contributed by atoms with E-state index in [0.29, 0.717) is 19.4 Å². The third kappa shape index (κ3) is 6.07. The fourth-order valence-corrected chi connectivity index (χ4v) is 3.79. The number of carbonyl (C=O) groups is 5. The number of nitrogens with zero attached hydrogens (tertiary/aromatic N) is 1. The molecule has 2 aliphatic heterocycles. The van der Waals surface area contributed by atoms with E-state index < -0.39 is 48.2 Å². The standard InChI is InChI=1S/C17H27N5O6S/c18-13(23)7-10(17(27)28)20-14(24)11(8-29)21-15(25)12-4-2-6-22(12)16(26)9-3-1-5-19-9/h9-12,19,29H,1-8H2,(H2,18,23)(H,20,24)(H,21,25)(H,27,28). The summed E-state index contributed by atoms with van der Waals surface area (Å²) in [6, 6.07) is -3.61. The molecule has 2 heterocycles. The molecule has 2 saturated heterocycles. The number of hydrogen-bond donors (Lipinski definition) is 6. The van der Waals surface area contributed by atoms with Gasteiger partial charge in [0.1, 0.15) is 18.1 Å². The number of amides is 4.